The second-order valence-corrected chi connectivity index (χ2v) is 8.44. The molecule has 0 fully saturated rings. The average molecular weight is 427 g/mol. The Morgan fingerprint density at radius 2 is 2.00 bits per heavy atom. The number of hydrogen-bond donors (Lipinski definition) is 1. The van der Waals surface area contributed by atoms with Crippen LogP contribution >= 0.6 is 23.4 Å². The molecular weight excluding hydrogens is 404 g/mol. The van der Waals surface area contributed by atoms with Crippen molar-refractivity contribution in [2.45, 2.75) is 43.9 Å². The second kappa shape index (κ2) is 9.01. The number of halogens is 1. The number of benzene rings is 2. The van der Waals surface area contributed by atoms with Gasteiger partial charge in [0.15, 0.2) is 11.0 Å². The van der Waals surface area contributed by atoms with Crippen LogP contribution in [0.5, 0.6) is 0 Å². The lowest BCUT2D eigenvalue weighted by atomic mass is 9.88. The standard InChI is InChI=1S/C22H23ClN4OS/c1-2-27-21(16-10-12-17(23)13-11-16)25-26-22(27)29-14-20(28)24-19-9-5-7-15-6-3-4-8-18(15)19/h3-4,6,8,10-13,19H,2,5,7,9,14H2,1H3,(H,24,28)/t19-/m1/s1. The van der Waals surface area contributed by atoms with E-state index in [1.807, 2.05) is 41.8 Å². The molecule has 3 aromatic rings. The molecule has 0 spiro atoms. The second-order valence-electron chi connectivity index (χ2n) is 7.06. The molecule has 1 aliphatic carbocycles. The summed E-state index contributed by atoms with van der Waals surface area (Å²) in [6.07, 6.45) is 3.17. The highest BCUT2D eigenvalue weighted by atomic mass is 35.5. The molecule has 0 saturated carbocycles. The number of hydrogen-bond acceptors (Lipinski definition) is 4. The molecule has 1 atom stereocenters. The first-order valence-electron chi connectivity index (χ1n) is 9.85. The van der Waals surface area contributed by atoms with Crippen molar-refractivity contribution in [1.82, 2.24) is 20.1 Å². The summed E-state index contributed by atoms with van der Waals surface area (Å²) < 4.78 is 2.02. The minimum atomic E-state index is 0.0235. The van der Waals surface area contributed by atoms with Gasteiger partial charge in [-0.25, -0.2) is 0 Å². The van der Waals surface area contributed by atoms with E-state index in [4.69, 9.17) is 11.6 Å². The predicted octanol–water partition coefficient (Wildman–Crippen LogP) is 4.90. The Morgan fingerprint density at radius 1 is 1.21 bits per heavy atom. The highest BCUT2D eigenvalue weighted by Crippen LogP contribution is 2.30. The SMILES string of the molecule is CCn1c(SCC(=O)N[C@@H]2CCCc3ccccc32)nnc1-c1ccc(Cl)cc1. The van der Waals surface area contributed by atoms with Crippen LogP contribution in [0.3, 0.4) is 0 Å². The summed E-state index contributed by atoms with van der Waals surface area (Å²) in [4.78, 5) is 12.6. The van der Waals surface area contributed by atoms with Crippen LogP contribution in [0, 0.1) is 0 Å². The van der Waals surface area contributed by atoms with Gasteiger partial charge in [-0.3, -0.25) is 4.79 Å². The van der Waals surface area contributed by atoms with Crippen molar-refractivity contribution in [3.63, 3.8) is 0 Å². The fraction of sp³-hybridized carbons (Fsp3) is 0.318. The van der Waals surface area contributed by atoms with Gasteiger partial charge in [0.05, 0.1) is 11.8 Å². The Morgan fingerprint density at radius 3 is 2.79 bits per heavy atom. The summed E-state index contributed by atoms with van der Waals surface area (Å²) >= 11 is 7.40. The normalized spacial score (nSPS) is 15.7. The van der Waals surface area contributed by atoms with Gasteiger partial charge in [0.25, 0.3) is 0 Å². The molecule has 2 aromatic carbocycles. The van der Waals surface area contributed by atoms with Crippen LogP contribution in [0.1, 0.15) is 36.9 Å². The number of fused-ring (bicyclic) bond motifs is 1. The van der Waals surface area contributed by atoms with Crippen molar-refractivity contribution in [3.05, 3.63) is 64.7 Å². The maximum atomic E-state index is 12.6. The average Bonchev–Trinajstić information content (AvgIpc) is 3.16. The first kappa shape index (κ1) is 20.0. The van der Waals surface area contributed by atoms with Crippen LogP contribution in [0.25, 0.3) is 11.4 Å². The monoisotopic (exact) mass is 426 g/mol. The molecule has 29 heavy (non-hydrogen) atoms. The minimum Gasteiger partial charge on any atom is -0.349 e. The van der Waals surface area contributed by atoms with Crippen molar-refractivity contribution < 1.29 is 4.79 Å². The van der Waals surface area contributed by atoms with Gasteiger partial charge in [0.1, 0.15) is 0 Å². The summed E-state index contributed by atoms with van der Waals surface area (Å²) in [5, 5.41) is 13.3. The van der Waals surface area contributed by atoms with E-state index in [1.165, 1.54) is 22.9 Å². The Balaban J connectivity index is 1.42. The molecule has 5 nitrogen and oxygen atoms in total. The number of aromatic nitrogens is 3. The largest absolute Gasteiger partial charge is 0.349 e. The molecule has 1 N–H and O–H groups in total. The molecule has 0 bridgehead atoms. The van der Waals surface area contributed by atoms with E-state index in [1.54, 1.807) is 0 Å². The molecule has 4 rings (SSSR count). The molecule has 7 heteroatoms. The zero-order valence-electron chi connectivity index (χ0n) is 16.3. The van der Waals surface area contributed by atoms with E-state index in [2.05, 4.69) is 33.7 Å². The summed E-state index contributed by atoms with van der Waals surface area (Å²) in [6, 6.07) is 16.0. The number of thioether (sulfide) groups is 1. The van der Waals surface area contributed by atoms with Crippen LogP contribution < -0.4 is 5.32 Å². The van der Waals surface area contributed by atoms with Crippen molar-refractivity contribution in [2.75, 3.05) is 5.75 Å². The third kappa shape index (κ3) is 4.49. The number of carbonyl (C=O) groups is 1. The maximum absolute atomic E-state index is 12.6. The summed E-state index contributed by atoms with van der Waals surface area (Å²) in [5.74, 6) is 1.13. The van der Waals surface area contributed by atoms with Gasteiger partial charge in [-0.1, -0.05) is 47.6 Å². The predicted molar refractivity (Wildman–Crippen MR) is 117 cm³/mol. The lowest BCUT2D eigenvalue weighted by molar-refractivity contribution is -0.119. The van der Waals surface area contributed by atoms with Gasteiger partial charge in [-0.05, 0) is 61.6 Å². The molecule has 0 saturated heterocycles. The van der Waals surface area contributed by atoms with Crippen LogP contribution in [-0.4, -0.2) is 26.4 Å². The number of nitrogens with zero attached hydrogens (tertiary/aromatic N) is 3. The van der Waals surface area contributed by atoms with Crippen molar-refractivity contribution >= 4 is 29.3 Å². The van der Waals surface area contributed by atoms with E-state index in [9.17, 15) is 4.79 Å². The molecule has 150 valence electrons. The number of rotatable bonds is 6. The lowest BCUT2D eigenvalue weighted by Crippen LogP contribution is -2.32. The fourth-order valence-corrected chi connectivity index (χ4v) is 4.70. The van der Waals surface area contributed by atoms with Gasteiger partial charge in [-0.15, -0.1) is 10.2 Å². The summed E-state index contributed by atoms with van der Waals surface area (Å²) in [7, 11) is 0. The lowest BCUT2D eigenvalue weighted by Gasteiger charge is -2.26. The summed E-state index contributed by atoms with van der Waals surface area (Å²) in [5.41, 5.74) is 3.55. The zero-order chi connectivity index (χ0) is 20.2. The molecule has 1 heterocycles. The smallest absolute Gasteiger partial charge is 0.230 e. The number of amides is 1. The van der Waals surface area contributed by atoms with E-state index >= 15 is 0 Å². The number of carbonyl (C=O) groups excluding carboxylic acids is 1. The molecular formula is C22H23ClN4OS. The van der Waals surface area contributed by atoms with Gasteiger partial charge in [0.2, 0.25) is 5.91 Å². The molecule has 0 aliphatic heterocycles. The van der Waals surface area contributed by atoms with Crippen LogP contribution in [-0.2, 0) is 17.8 Å². The molecule has 0 unspecified atom stereocenters. The highest BCUT2D eigenvalue weighted by Gasteiger charge is 2.22. The van der Waals surface area contributed by atoms with Crippen molar-refractivity contribution in [3.8, 4) is 11.4 Å². The van der Waals surface area contributed by atoms with Crippen LogP contribution in [0.2, 0.25) is 5.02 Å². The fourth-order valence-electron chi connectivity index (χ4n) is 3.76. The van der Waals surface area contributed by atoms with E-state index in [0.29, 0.717) is 10.8 Å². The van der Waals surface area contributed by atoms with Gasteiger partial charge in [0, 0.05) is 17.1 Å². The minimum absolute atomic E-state index is 0.0235. The number of aryl methyl sites for hydroxylation is 1. The van der Waals surface area contributed by atoms with E-state index < -0.39 is 0 Å². The molecule has 1 aliphatic rings. The molecule has 1 aromatic heterocycles. The van der Waals surface area contributed by atoms with Crippen LogP contribution in [0.4, 0.5) is 0 Å². The maximum Gasteiger partial charge on any atom is 0.230 e. The zero-order valence-corrected chi connectivity index (χ0v) is 17.8. The molecule has 0 radical (unpaired) electrons. The third-order valence-electron chi connectivity index (χ3n) is 5.17. The van der Waals surface area contributed by atoms with Gasteiger partial charge >= 0.3 is 0 Å². The Hall–Kier alpha value is -2.31. The Labute approximate surface area is 179 Å². The van der Waals surface area contributed by atoms with Crippen molar-refractivity contribution in [2.24, 2.45) is 0 Å². The molecule has 1 amide bonds. The quantitative estimate of drug-likeness (QED) is 0.569. The first-order chi connectivity index (χ1) is 14.2. The topological polar surface area (TPSA) is 59.8 Å². The van der Waals surface area contributed by atoms with E-state index in [0.717, 1.165) is 42.4 Å². The Bertz CT molecular complexity index is 1000. The summed E-state index contributed by atoms with van der Waals surface area (Å²) in [6.45, 7) is 2.77. The third-order valence-corrected chi connectivity index (χ3v) is 6.39. The van der Waals surface area contributed by atoms with Gasteiger partial charge < -0.3 is 9.88 Å². The highest BCUT2D eigenvalue weighted by molar-refractivity contribution is 7.99. The van der Waals surface area contributed by atoms with Gasteiger partial charge in [-0.2, -0.15) is 0 Å². The van der Waals surface area contributed by atoms with E-state index in [-0.39, 0.29) is 11.9 Å². The first-order valence-corrected chi connectivity index (χ1v) is 11.2. The Kier molecular flexibility index (Phi) is 6.21. The van der Waals surface area contributed by atoms with Crippen molar-refractivity contribution in [1.29, 1.82) is 0 Å². The number of nitrogens with one attached hydrogen (secondary N) is 1. The van der Waals surface area contributed by atoms with Crippen LogP contribution in [0.15, 0.2) is 53.7 Å².